The minimum atomic E-state index is -0.259. The number of nitrogens with two attached hydrogens (primary N) is 1. The lowest BCUT2D eigenvalue weighted by molar-refractivity contribution is -0.120. The van der Waals surface area contributed by atoms with Crippen molar-refractivity contribution in [3.8, 4) is 0 Å². The standard InChI is InChI=1S/C22H23ClN4O2/c1-15-13-26-27(10-9-16-5-3-2-4-6-16)22(29)19(15)12-21(28)25-14-17-11-18(23)7-8-20(17)24/h2-8,11,13H,9-10,12,14,24H2,1H3,(H,25,28). The molecule has 3 rings (SSSR count). The van der Waals surface area contributed by atoms with Gasteiger partial charge in [0.25, 0.3) is 5.56 Å². The third-order valence-electron chi connectivity index (χ3n) is 4.73. The van der Waals surface area contributed by atoms with Gasteiger partial charge in [-0.1, -0.05) is 41.9 Å². The number of nitrogens with one attached hydrogen (secondary N) is 1. The largest absolute Gasteiger partial charge is 0.398 e. The summed E-state index contributed by atoms with van der Waals surface area (Å²) in [5, 5.41) is 7.57. The molecule has 0 bridgehead atoms. The van der Waals surface area contributed by atoms with Crippen molar-refractivity contribution < 1.29 is 4.79 Å². The number of hydrogen-bond acceptors (Lipinski definition) is 4. The molecular formula is C22H23ClN4O2. The Balaban J connectivity index is 1.67. The SMILES string of the molecule is Cc1cnn(CCc2ccccc2)c(=O)c1CC(=O)NCc1cc(Cl)ccc1N. The molecule has 0 saturated heterocycles. The molecule has 0 fully saturated rings. The Labute approximate surface area is 174 Å². The molecule has 3 aromatic rings. The summed E-state index contributed by atoms with van der Waals surface area (Å²) in [6.45, 7) is 2.49. The number of carbonyl (C=O) groups is 1. The van der Waals surface area contributed by atoms with Crippen molar-refractivity contribution in [1.29, 1.82) is 0 Å². The van der Waals surface area contributed by atoms with E-state index in [0.29, 0.717) is 34.8 Å². The molecule has 0 spiro atoms. The summed E-state index contributed by atoms with van der Waals surface area (Å²) in [5.74, 6) is -0.259. The molecule has 1 aromatic heterocycles. The second-order valence-corrected chi connectivity index (χ2v) is 7.30. The van der Waals surface area contributed by atoms with Gasteiger partial charge in [-0.2, -0.15) is 5.10 Å². The maximum absolute atomic E-state index is 12.8. The van der Waals surface area contributed by atoms with Crippen LogP contribution >= 0.6 is 11.6 Å². The quantitative estimate of drug-likeness (QED) is 0.586. The molecule has 7 heteroatoms. The van der Waals surface area contributed by atoms with E-state index in [9.17, 15) is 9.59 Å². The van der Waals surface area contributed by atoms with E-state index in [1.54, 1.807) is 31.3 Å². The Bertz CT molecular complexity index is 1060. The van der Waals surface area contributed by atoms with Gasteiger partial charge in [-0.05, 0) is 48.2 Å². The molecule has 0 radical (unpaired) electrons. The first-order valence-corrected chi connectivity index (χ1v) is 9.72. The van der Waals surface area contributed by atoms with Gasteiger partial charge in [-0.3, -0.25) is 9.59 Å². The van der Waals surface area contributed by atoms with Crippen LogP contribution in [0.1, 0.15) is 22.3 Å². The number of carbonyl (C=O) groups excluding carboxylic acids is 1. The summed E-state index contributed by atoms with van der Waals surface area (Å²) >= 11 is 5.98. The molecule has 0 unspecified atom stereocenters. The topological polar surface area (TPSA) is 90.0 Å². The predicted molar refractivity (Wildman–Crippen MR) is 115 cm³/mol. The summed E-state index contributed by atoms with van der Waals surface area (Å²) in [4.78, 5) is 25.2. The van der Waals surface area contributed by atoms with Gasteiger partial charge in [-0.25, -0.2) is 4.68 Å². The third kappa shape index (κ3) is 5.45. The zero-order valence-corrected chi connectivity index (χ0v) is 16.9. The van der Waals surface area contributed by atoms with E-state index >= 15 is 0 Å². The van der Waals surface area contributed by atoms with Gasteiger partial charge in [0.1, 0.15) is 0 Å². The highest BCUT2D eigenvalue weighted by molar-refractivity contribution is 6.30. The molecule has 1 amide bonds. The lowest BCUT2D eigenvalue weighted by atomic mass is 10.1. The first kappa shape index (κ1) is 20.6. The van der Waals surface area contributed by atoms with Crippen LogP contribution in [0.3, 0.4) is 0 Å². The zero-order chi connectivity index (χ0) is 20.8. The molecule has 6 nitrogen and oxygen atoms in total. The van der Waals surface area contributed by atoms with Crippen LogP contribution in [0.4, 0.5) is 5.69 Å². The zero-order valence-electron chi connectivity index (χ0n) is 16.2. The molecule has 2 aromatic carbocycles. The van der Waals surface area contributed by atoms with Crippen LogP contribution < -0.4 is 16.6 Å². The molecule has 0 aliphatic rings. The second-order valence-electron chi connectivity index (χ2n) is 6.87. The van der Waals surface area contributed by atoms with Crippen LogP contribution in [0.15, 0.2) is 59.5 Å². The summed E-state index contributed by atoms with van der Waals surface area (Å²) in [6.07, 6.45) is 2.31. The smallest absolute Gasteiger partial charge is 0.270 e. The van der Waals surface area contributed by atoms with Crippen molar-refractivity contribution in [3.05, 3.63) is 92.4 Å². The van der Waals surface area contributed by atoms with E-state index in [4.69, 9.17) is 17.3 Å². The Morgan fingerprint density at radius 3 is 2.72 bits per heavy atom. The van der Waals surface area contributed by atoms with Crippen LogP contribution in [-0.4, -0.2) is 15.7 Å². The Hall–Kier alpha value is -3.12. The van der Waals surface area contributed by atoms with E-state index in [1.165, 1.54) is 4.68 Å². The summed E-state index contributed by atoms with van der Waals surface area (Å²) < 4.78 is 1.41. The van der Waals surface area contributed by atoms with Crippen molar-refractivity contribution in [2.24, 2.45) is 0 Å². The predicted octanol–water partition coefficient (Wildman–Crippen LogP) is 2.89. The van der Waals surface area contributed by atoms with Gasteiger partial charge in [0, 0.05) is 29.4 Å². The lowest BCUT2D eigenvalue weighted by Gasteiger charge is -2.11. The maximum Gasteiger partial charge on any atom is 0.270 e. The Morgan fingerprint density at radius 1 is 1.21 bits per heavy atom. The van der Waals surface area contributed by atoms with E-state index in [1.807, 2.05) is 30.3 Å². The molecule has 1 heterocycles. The highest BCUT2D eigenvalue weighted by Crippen LogP contribution is 2.17. The van der Waals surface area contributed by atoms with E-state index < -0.39 is 0 Å². The molecule has 150 valence electrons. The van der Waals surface area contributed by atoms with Crippen LogP contribution in [0.25, 0.3) is 0 Å². The molecular weight excluding hydrogens is 388 g/mol. The third-order valence-corrected chi connectivity index (χ3v) is 4.97. The van der Waals surface area contributed by atoms with Crippen molar-refractivity contribution in [2.75, 3.05) is 5.73 Å². The lowest BCUT2D eigenvalue weighted by Crippen LogP contribution is -2.32. The highest BCUT2D eigenvalue weighted by Gasteiger charge is 2.13. The molecule has 0 aliphatic carbocycles. The minimum Gasteiger partial charge on any atom is -0.398 e. The van der Waals surface area contributed by atoms with Crippen molar-refractivity contribution in [3.63, 3.8) is 0 Å². The van der Waals surface area contributed by atoms with Gasteiger partial charge < -0.3 is 11.1 Å². The minimum absolute atomic E-state index is 0.0149. The van der Waals surface area contributed by atoms with Crippen LogP contribution in [-0.2, 0) is 30.7 Å². The molecule has 3 N–H and O–H groups in total. The number of nitrogen functional groups attached to an aromatic ring is 1. The number of hydrogen-bond donors (Lipinski definition) is 2. The first-order chi connectivity index (χ1) is 13.9. The average Bonchev–Trinajstić information content (AvgIpc) is 2.72. The molecule has 0 atom stereocenters. The van der Waals surface area contributed by atoms with Gasteiger partial charge in [0.05, 0.1) is 12.6 Å². The first-order valence-electron chi connectivity index (χ1n) is 9.34. The van der Waals surface area contributed by atoms with E-state index in [0.717, 1.165) is 11.1 Å². The number of benzene rings is 2. The molecule has 0 aliphatic heterocycles. The average molecular weight is 411 g/mol. The number of amides is 1. The van der Waals surface area contributed by atoms with Gasteiger partial charge in [-0.15, -0.1) is 0 Å². The fourth-order valence-corrected chi connectivity index (χ4v) is 3.20. The number of aromatic nitrogens is 2. The van der Waals surface area contributed by atoms with Crippen LogP contribution in [0.5, 0.6) is 0 Å². The van der Waals surface area contributed by atoms with Crippen LogP contribution in [0.2, 0.25) is 5.02 Å². The number of anilines is 1. The fraction of sp³-hybridized carbons (Fsp3) is 0.227. The number of halogens is 1. The monoisotopic (exact) mass is 410 g/mol. The molecule has 0 saturated carbocycles. The summed E-state index contributed by atoms with van der Waals surface area (Å²) in [7, 11) is 0. The Kier molecular flexibility index (Phi) is 6.67. The normalized spacial score (nSPS) is 10.7. The van der Waals surface area contributed by atoms with E-state index in [-0.39, 0.29) is 24.4 Å². The van der Waals surface area contributed by atoms with Gasteiger partial charge in [0.15, 0.2) is 0 Å². The summed E-state index contributed by atoms with van der Waals surface area (Å²) in [6, 6.07) is 15.0. The number of aryl methyl sites for hydroxylation is 3. The van der Waals surface area contributed by atoms with Crippen molar-refractivity contribution >= 4 is 23.2 Å². The second kappa shape index (κ2) is 9.39. The van der Waals surface area contributed by atoms with Crippen LogP contribution in [0, 0.1) is 6.92 Å². The number of rotatable bonds is 7. The fourth-order valence-electron chi connectivity index (χ4n) is 3.01. The Morgan fingerprint density at radius 2 is 1.97 bits per heavy atom. The maximum atomic E-state index is 12.8. The summed E-state index contributed by atoms with van der Waals surface area (Å²) in [5.41, 5.74) is 9.23. The van der Waals surface area contributed by atoms with Gasteiger partial charge in [0.2, 0.25) is 5.91 Å². The van der Waals surface area contributed by atoms with Crippen molar-refractivity contribution in [2.45, 2.75) is 32.9 Å². The molecule has 29 heavy (non-hydrogen) atoms. The van der Waals surface area contributed by atoms with Crippen molar-refractivity contribution in [1.82, 2.24) is 15.1 Å². The van der Waals surface area contributed by atoms with E-state index in [2.05, 4.69) is 10.4 Å². The number of nitrogens with zero attached hydrogens (tertiary/aromatic N) is 2. The van der Waals surface area contributed by atoms with Gasteiger partial charge >= 0.3 is 0 Å². The highest BCUT2D eigenvalue weighted by atomic mass is 35.5.